The van der Waals surface area contributed by atoms with Crippen LogP contribution in [0.25, 0.3) is 0 Å². The smallest absolute Gasteiger partial charge is 0.369 e. The van der Waals surface area contributed by atoms with Gasteiger partial charge in [0, 0.05) is 27.2 Å². The van der Waals surface area contributed by atoms with Crippen molar-refractivity contribution in [3.63, 3.8) is 0 Å². The Hall–Kier alpha value is -3.21. The molecular formula is C20H22F3N5O3. The average Bonchev–Trinajstić information content (AvgIpc) is 3.37. The van der Waals surface area contributed by atoms with Crippen LogP contribution in [0.2, 0.25) is 0 Å². The zero-order chi connectivity index (χ0) is 22.8. The summed E-state index contributed by atoms with van der Waals surface area (Å²) in [7, 11) is 3.19. The van der Waals surface area contributed by atoms with E-state index in [4.69, 9.17) is 4.74 Å². The van der Waals surface area contributed by atoms with Crippen molar-refractivity contribution in [2.75, 3.05) is 27.2 Å². The highest BCUT2D eigenvalue weighted by Crippen LogP contribution is 2.30. The van der Waals surface area contributed by atoms with Crippen LogP contribution in [-0.2, 0) is 22.3 Å². The van der Waals surface area contributed by atoms with Crippen LogP contribution in [0.3, 0.4) is 0 Å². The van der Waals surface area contributed by atoms with Crippen molar-refractivity contribution in [3.8, 4) is 0 Å². The van der Waals surface area contributed by atoms with E-state index in [1.807, 2.05) is 0 Å². The molecule has 0 bridgehead atoms. The molecule has 0 aliphatic carbocycles. The first-order valence-electron chi connectivity index (χ1n) is 9.42. The second-order valence-electron chi connectivity index (χ2n) is 7.34. The summed E-state index contributed by atoms with van der Waals surface area (Å²) in [5.74, 6) is -0.596. The van der Waals surface area contributed by atoms with E-state index < -0.39 is 23.9 Å². The van der Waals surface area contributed by atoms with Gasteiger partial charge in [-0.15, -0.1) is 5.10 Å². The van der Waals surface area contributed by atoms with E-state index in [2.05, 4.69) is 16.9 Å². The van der Waals surface area contributed by atoms with Gasteiger partial charge < -0.3 is 14.5 Å². The van der Waals surface area contributed by atoms with Crippen molar-refractivity contribution >= 4 is 11.8 Å². The van der Waals surface area contributed by atoms with Crippen LogP contribution in [0.5, 0.6) is 0 Å². The second kappa shape index (κ2) is 8.88. The first kappa shape index (κ1) is 22.5. The summed E-state index contributed by atoms with van der Waals surface area (Å²) < 4.78 is 45.6. The van der Waals surface area contributed by atoms with Gasteiger partial charge in [-0.2, -0.15) is 13.2 Å². The Kier molecular flexibility index (Phi) is 6.44. The lowest BCUT2D eigenvalue weighted by atomic mass is 10.1. The van der Waals surface area contributed by atoms with Crippen molar-refractivity contribution in [2.45, 2.75) is 24.9 Å². The molecule has 1 aliphatic heterocycles. The first-order chi connectivity index (χ1) is 14.6. The highest BCUT2D eigenvalue weighted by atomic mass is 19.4. The maximum absolute atomic E-state index is 12.7. The van der Waals surface area contributed by atoms with Crippen LogP contribution >= 0.6 is 0 Å². The number of hydrogen-bond acceptors (Lipinski definition) is 5. The summed E-state index contributed by atoms with van der Waals surface area (Å²) in [5.41, 5.74) is -0.0271. The number of likely N-dealkylation sites (tertiary alicyclic amines) is 1. The molecule has 1 aromatic heterocycles. The van der Waals surface area contributed by atoms with Crippen molar-refractivity contribution in [1.82, 2.24) is 24.8 Å². The van der Waals surface area contributed by atoms with Crippen molar-refractivity contribution < 1.29 is 27.5 Å². The molecule has 8 nitrogen and oxygen atoms in total. The van der Waals surface area contributed by atoms with Crippen LogP contribution in [0.15, 0.2) is 43.1 Å². The zero-order valence-electron chi connectivity index (χ0n) is 17.0. The Morgan fingerprint density at radius 3 is 2.52 bits per heavy atom. The van der Waals surface area contributed by atoms with E-state index in [1.165, 1.54) is 38.9 Å². The fourth-order valence-corrected chi connectivity index (χ4v) is 3.24. The van der Waals surface area contributed by atoms with Gasteiger partial charge >= 0.3 is 6.18 Å². The predicted octanol–water partition coefficient (Wildman–Crippen LogP) is 2.15. The lowest BCUT2D eigenvalue weighted by Gasteiger charge is -2.19. The predicted molar refractivity (Wildman–Crippen MR) is 104 cm³/mol. The normalized spacial score (nSPS) is 18.8. The van der Waals surface area contributed by atoms with Gasteiger partial charge in [0.15, 0.2) is 5.69 Å². The molecule has 1 aromatic carbocycles. The van der Waals surface area contributed by atoms with E-state index >= 15 is 0 Å². The molecule has 0 N–H and O–H groups in total. The largest absolute Gasteiger partial charge is 0.416 e. The van der Waals surface area contributed by atoms with Crippen molar-refractivity contribution in [1.29, 1.82) is 0 Å². The third-order valence-electron chi connectivity index (χ3n) is 4.94. The number of ether oxygens (including phenoxy) is 1. The van der Waals surface area contributed by atoms with Crippen LogP contribution in [0.1, 0.15) is 27.7 Å². The molecule has 0 spiro atoms. The van der Waals surface area contributed by atoms with Crippen LogP contribution in [0.4, 0.5) is 13.2 Å². The van der Waals surface area contributed by atoms with Gasteiger partial charge in [-0.3, -0.25) is 9.59 Å². The molecule has 0 saturated carbocycles. The molecule has 0 radical (unpaired) electrons. The molecule has 11 heteroatoms. The quantitative estimate of drug-likeness (QED) is 0.647. The van der Waals surface area contributed by atoms with Crippen LogP contribution in [-0.4, -0.2) is 69.9 Å². The Bertz CT molecular complexity index is 956. The Balaban J connectivity index is 1.75. The standard InChI is InChI=1S/C20H22F3N5O3/c1-4-18(29)27-10-16(28-9-15(24-25-28)19(30)26(2)3)17(11-27)31-12-13-5-7-14(8-6-13)20(21,22)23/h4-9,16-17H,1,10-12H2,2-3H3. The summed E-state index contributed by atoms with van der Waals surface area (Å²) in [6.45, 7) is 4.05. The molecule has 1 saturated heterocycles. The van der Waals surface area contributed by atoms with Crippen molar-refractivity contribution in [2.24, 2.45) is 0 Å². The third kappa shape index (κ3) is 5.10. The minimum atomic E-state index is -4.41. The number of benzene rings is 1. The zero-order valence-corrected chi connectivity index (χ0v) is 17.0. The molecule has 166 valence electrons. The van der Waals surface area contributed by atoms with E-state index in [-0.39, 0.29) is 37.2 Å². The van der Waals surface area contributed by atoms with Gasteiger partial charge in [0.2, 0.25) is 5.91 Å². The number of amides is 2. The molecule has 1 aliphatic rings. The number of alkyl halides is 3. The lowest BCUT2D eigenvalue weighted by molar-refractivity contribution is -0.137. The summed E-state index contributed by atoms with van der Waals surface area (Å²) in [6.07, 6.45) is -2.23. The maximum atomic E-state index is 12.7. The number of aromatic nitrogens is 3. The van der Waals surface area contributed by atoms with E-state index in [9.17, 15) is 22.8 Å². The van der Waals surface area contributed by atoms with Gasteiger partial charge in [0.1, 0.15) is 0 Å². The summed E-state index contributed by atoms with van der Waals surface area (Å²) in [5, 5.41) is 7.91. The monoisotopic (exact) mass is 437 g/mol. The molecule has 2 unspecified atom stereocenters. The highest BCUT2D eigenvalue weighted by molar-refractivity contribution is 5.91. The molecule has 2 heterocycles. The van der Waals surface area contributed by atoms with E-state index in [0.717, 1.165) is 12.1 Å². The lowest BCUT2D eigenvalue weighted by Crippen LogP contribution is -2.28. The minimum Gasteiger partial charge on any atom is -0.369 e. The molecule has 2 amide bonds. The third-order valence-corrected chi connectivity index (χ3v) is 4.94. The number of hydrogen-bond donors (Lipinski definition) is 0. The Labute approximate surface area is 176 Å². The van der Waals surface area contributed by atoms with Gasteiger partial charge in [-0.05, 0) is 23.8 Å². The Morgan fingerprint density at radius 1 is 1.26 bits per heavy atom. The van der Waals surface area contributed by atoms with Crippen molar-refractivity contribution in [3.05, 3.63) is 59.9 Å². The van der Waals surface area contributed by atoms with Gasteiger partial charge in [0.25, 0.3) is 5.91 Å². The molecule has 2 atom stereocenters. The fraction of sp³-hybridized carbons (Fsp3) is 0.400. The van der Waals surface area contributed by atoms with Crippen LogP contribution < -0.4 is 0 Å². The fourth-order valence-electron chi connectivity index (χ4n) is 3.24. The number of nitrogens with zero attached hydrogens (tertiary/aromatic N) is 5. The maximum Gasteiger partial charge on any atom is 0.416 e. The van der Waals surface area contributed by atoms with Crippen LogP contribution in [0, 0.1) is 0 Å². The summed E-state index contributed by atoms with van der Waals surface area (Å²) >= 11 is 0. The average molecular weight is 437 g/mol. The van der Waals surface area contributed by atoms with E-state index in [0.29, 0.717) is 5.56 Å². The number of rotatable bonds is 6. The SMILES string of the molecule is C=CC(=O)N1CC(OCc2ccc(C(F)(F)F)cc2)C(n2cc(C(=O)N(C)C)nn2)C1. The topological polar surface area (TPSA) is 80.6 Å². The Morgan fingerprint density at radius 2 is 1.94 bits per heavy atom. The summed E-state index contributed by atoms with van der Waals surface area (Å²) in [4.78, 5) is 27.1. The highest BCUT2D eigenvalue weighted by Gasteiger charge is 2.38. The molecule has 3 rings (SSSR count). The van der Waals surface area contributed by atoms with Gasteiger partial charge in [0.05, 0.1) is 30.5 Å². The molecule has 1 fully saturated rings. The first-order valence-corrected chi connectivity index (χ1v) is 9.42. The van der Waals surface area contributed by atoms with Gasteiger partial charge in [-0.1, -0.05) is 23.9 Å². The molecule has 31 heavy (non-hydrogen) atoms. The number of carbonyl (C=O) groups is 2. The molecular weight excluding hydrogens is 415 g/mol. The number of halogens is 3. The summed E-state index contributed by atoms with van der Waals surface area (Å²) in [6, 6.07) is 4.27. The van der Waals surface area contributed by atoms with Gasteiger partial charge in [-0.25, -0.2) is 4.68 Å². The minimum absolute atomic E-state index is 0.0492. The second-order valence-corrected chi connectivity index (χ2v) is 7.34. The number of carbonyl (C=O) groups excluding carboxylic acids is 2. The molecule has 2 aromatic rings. The van der Waals surface area contributed by atoms with E-state index in [1.54, 1.807) is 14.1 Å².